The second kappa shape index (κ2) is 4.77. The summed E-state index contributed by atoms with van der Waals surface area (Å²) in [6.45, 7) is 0. The van der Waals surface area contributed by atoms with Crippen molar-refractivity contribution >= 4 is 17.3 Å². The first-order valence-electron chi connectivity index (χ1n) is 6.20. The maximum absolute atomic E-state index is 11.4. The second-order valence-corrected chi connectivity index (χ2v) is 4.53. The van der Waals surface area contributed by atoms with E-state index in [9.17, 15) is 4.79 Å². The molecule has 0 atom stereocenters. The molecular weight excluding hydrogens is 256 g/mol. The van der Waals surface area contributed by atoms with Crippen LogP contribution < -0.4 is 20.5 Å². The Morgan fingerprint density at radius 1 is 1.15 bits per heavy atom. The molecule has 5 nitrogen and oxygen atoms in total. The molecule has 0 bridgehead atoms. The number of hydrogen-bond acceptors (Lipinski definition) is 4. The van der Waals surface area contributed by atoms with Crippen molar-refractivity contribution in [2.75, 3.05) is 18.2 Å². The van der Waals surface area contributed by atoms with E-state index >= 15 is 0 Å². The predicted octanol–water partition coefficient (Wildman–Crippen LogP) is 2.56. The molecule has 3 N–H and O–H groups in total. The fourth-order valence-electron chi connectivity index (χ4n) is 2.18. The lowest BCUT2D eigenvalue weighted by atomic mass is 10.1. The fourth-order valence-corrected chi connectivity index (χ4v) is 2.18. The predicted molar refractivity (Wildman–Crippen MR) is 76.3 cm³/mol. The number of para-hydroxylation sites is 2. The average Bonchev–Trinajstić information content (AvgIpc) is 2.79. The Bertz CT molecular complexity index is 683. The summed E-state index contributed by atoms with van der Waals surface area (Å²) >= 11 is 0. The van der Waals surface area contributed by atoms with Crippen LogP contribution in [-0.2, 0) is 11.2 Å². The standard InChI is InChI=1S/C15H14N2O3/c1-19-12-4-2-3-5-13(12)20-14-8-11-9(6-10(14)16)7-15(18)17-11/h2-6,8H,7,16H2,1H3,(H,17,18). The molecule has 102 valence electrons. The van der Waals surface area contributed by atoms with Gasteiger partial charge in [-0.05, 0) is 23.8 Å². The fraction of sp³-hybridized carbons (Fsp3) is 0.133. The zero-order chi connectivity index (χ0) is 14.1. The van der Waals surface area contributed by atoms with Crippen LogP contribution in [0.1, 0.15) is 5.56 Å². The van der Waals surface area contributed by atoms with Crippen LogP contribution >= 0.6 is 0 Å². The molecule has 0 unspecified atom stereocenters. The number of amides is 1. The molecule has 3 rings (SSSR count). The lowest BCUT2D eigenvalue weighted by Crippen LogP contribution is -2.03. The summed E-state index contributed by atoms with van der Waals surface area (Å²) in [4.78, 5) is 11.4. The van der Waals surface area contributed by atoms with Crippen LogP contribution in [0.5, 0.6) is 17.2 Å². The van der Waals surface area contributed by atoms with Crippen LogP contribution in [0.15, 0.2) is 36.4 Å². The van der Waals surface area contributed by atoms with Gasteiger partial charge in [-0.3, -0.25) is 4.79 Å². The Kier molecular flexibility index (Phi) is 2.95. The summed E-state index contributed by atoms with van der Waals surface area (Å²) in [6.07, 6.45) is 0.356. The number of nitrogen functional groups attached to an aromatic ring is 1. The van der Waals surface area contributed by atoms with E-state index in [1.54, 1.807) is 31.4 Å². The van der Waals surface area contributed by atoms with E-state index in [0.717, 1.165) is 11.3 Å². The third-order valence-electron chi connectivity index (χ3n) is 3.15. The number of rotatable bonds is 3. The monoisotopic (exact) mass is 270 g/mol. The first-order chi connectivity index (χ1) is 9.67. The quantitative estimate of drug-likeness (QED) is 0.841. The normalized spacial score (nSPS) is 12.8. The third-order valence-corrected chi connectivity index (χ3v) is 3.15. The van der Waals surface area contributed by atoms with Crippen molar-refractivity contribution in [2.24, 2.45) is 0 Å². The van der Waals surface area contributed by atoms with Gasteiger partial charge in [0.05, 0.1) is 19.2 Å². The maximum Gasteiger partial charge on any atom is 0.228 e. The molecule has 2 aromatic rings. The number of carbonyl (C=O) groups excluding carboxylic acids is 1. The van der Waals surface area contributed by atoms with E-state index in [0.29, 0.717) is 29.4 Å². The topological polar surface area (TPSA) is 73.6 Å². The summed E-state index contributed by atoms with van der Waals surface area (Å²) in [6, 6.07) is 10.8. The summed E-state index contributed by atoms with van der Waals surface area (Å²) in [5, 5.41) is 2.77. The van der Waals surface area contributed by atoms with Gasteiger partial charge in [0.2, 0.25) is 5.91 Å². The number of ether oxygens (including phenoxy) is 2. The van der Waals surface area contributed by atoms with E-state index < -0.39 is 0 Å². The Morgan fingerprint density at radius 2 is 1.90 bits per heavy atom. The highest BCUT2D eigenvalue weighted by Gasteiger charge is 2.20. The average molecular weight is 270 g/mol. The van der Waals surface area contributed by atoms with Crippen LogP contribution in [0.3, 0.4) is 0 Å². The van der Waals surface area contributed by atoms with Gasteiger partial charge in [0.25, 0.3) is 0 Å². The number of methoxy groups -OCH3 is 1. The Balaban J connectivity index is 1.96. The van der Waals surface area contributed by atoms with E-state index in [-0.39, 0.29) is 5.91 Å². The number of hydrogen-bond donors (Lipinski definition) is 2. The number of carbonyl (C=O) groups is 1. The molecule has 5 heteroatoms. The molecule has 0 spiro atoms. The second-order valence-electron chi connectivity index (χ2n) is 4.53. The summed E-state index contributed by atoms with van der Waals surface area (Å²) in [7, 11) is 1.58. The molecule has 0 fully saturated rings. The molecule has 2 aromatic carbocycles. The highest BCUT2D eigenvalue weighted by atomic mass is 16.5. The van der Waals surface area contributed by atoms with Gasteiger partial charge in [-0.15, -0.1) is 0 Å². The summed E-state index contributed by atoms with van der Waals surface area (Å²) in [5.41, 5.74) is 8.10. The van der Waals surface area contributed by atoms with Crippen molar-refractivity contribution < 1.29 is 14.3 Å². The molecule has 0 aliphatic carbocycles. The van der Waals surface area contributed by atoms with Gasteiger partial charge in [0.1, 0.15) is 0 Å². The van der Waals surface area contributed by atoms with Gasteiger partial charge in [-0.2, -0.15) is 0 Å². The largest absolute Gasteiger partial charge is 0.493 e. The van der Waals surface area contributed by atoms with E-state index in [4.69, 9.17) is 15.2 Å². The highest BCUT2D eigenvalue weighted by Crippen LogP contribution is 2.38. The van der Waals surface area contributed by atoms with E-state index in [2.05, 4.69) is 5.32 Å². The number of benzene rings is 2. The van der Waals surface area contributed by atoms with E-state index in [1.165, 1.54) is 0 Å². The van der Waals surface area contributed by atoms with Crippen molar-refractivity contribution in [1.82, 2.24) is 0 Å². The first-order valence-corrected chi connectivity index (χ1v) is 6.20. The first kappa shape index (κ1) is 12.3. The van der Waals surface area contributed by atoms with Crippen LogP contribution in [-0.4, -0.2) is 13.0 Å². The minimum absolute atomic E-state index is 0.0335. The molecule has 0 saturated carbocycles. The minimum atomic E-state index is -0.0335. The van der Waals surface area contributed by atoms with Gasteiger partial charge >= 0.3 is 0 Å². The zero-order valence-electron chi connectivity index (χ0n) is 11.0. The molecule has 1 aliphatic rings. The molecule has 1 amide bonds. The van der Waals surface area contributed by atoms with Crippen LogP contribution in [0.4, 0.5) is 11.4 Å². The van der Waals surface area contributed by atoms with Gasteiger partial charge < -0.3 is 20.5 Å². The van der Waals surface area contributed by atoms with Crippen molar-refractivity contribution in [3.05, 3.63) is 42.0 Å². The molecular formula is C15H14N2O3. The Hall–Kier alpha value is -2.69. The highest BCUT2D eigenvalue weighted by molar-refractivity contribution is 6.00. The van der Waals surface area contributed by atoms with Crippen molar-refractivity contribution in [3.63, 3.8) is 0 Å². The minimum Gasteiger partial charge on any atom is -0.493 e. The van der Waals surface area contributed by atoms with Crippen molar-refractivity contribution in [2.45, 2.75) is 6.42 Å². The van der Waals surface area contributed by atoms with Gasteiger partial charge in [-0.1, -0.05) is 12.1 Å². The van der Waals surface area contributed by atoms with Crippen molar-refractivity contribution in [3.8, 4) is 17.2 Å². The van der Waals surface area contributed by atoms with Crippen LogP contribution in [0.2, 0.25) is 0 Å². The van der Waals surface area contributed by atoms with Crippen molar-refractivity contribution in [1.29, 1.82) is 0 Å². The van der Waals surface area contributed by atoms with Gasteiger partial charge in [-0.25, -0.2) is 0 Å². The van der Waals surface area contributed by atoms with Crippen LogP contribution in [0.25, 0.3) is 0 Å². The lowest BCUT2D eigenvalue weighted by molar-refractivity contribution is -0.115. The maximum atomic E-state index is 11.4. The lowest BCUT2D eigenvalue weighted by Gasteiger charge is -2.13. The van der Waals surface area contributed by atoms with Gasteiger partial charge in [0.15, 0.2) is 17.2 Å². The Morgan fingerprint density at radius 3 is 2.65 bits per heavy atom. The number of nitrogens with one attached hydrogen (secondary N) is 1. The zero-order valence-corrected chi connectivity index (χ0v) is 11.0. The molecule has 1 heterocycles. The SMILES string of the molecule is COc1ccccc1Oc1cc2c(cc1N)CC(=O)N2. The molecule has 0 aromatic heterocycles. The smallest absolute Gasteiger partial charge is 0.228 e. The molecule has 20 heavy (non-hydrogen) atoms. The van der Waals surface area contributed by atoms with Gasteiger partial charge in [0, 0.05) is 11.8 Å². The van der Waals surface area contributed by atoms with E-state index in [1.807, 2.05) is 12.1 Å². The third kappa shape index (κ3) is 2.14. The molecule has 1 aliphatic heterocycles. The molecule has 0 saturated heterocycles. The number of fused-ring (bicyclic) bond motifs is 1. The Labute approximate surface area is 116 Å². The summed E-state index contributed by atoms with van der Waals surface area (Å²) < 4.78 is 11.0. The number of nitrogens with two attached hydrogens (primary N) is 1. The van der Waals surface area contributed by atoms with Crippen LogP contribution in [0, 0.1) is 0 Å². The molecule has 0 radical (unpaired) electrons. The summed E-state index contributed by atoms with van der Waals surface area (Å²) in [5.74, 6) is 1.66. The number of anilines is 2.